The first-order chi connectivity index (χ1) is 7.65. The van der Waals surface area contributed by atoms with Crippen LogP contribution in [0.5, 0.6) is 0 Å². The van der Waals surface area contributed by atoms with Crippen molar-refractivity contribution in [1.29, 1.82) is 0 Å². The van der Waals surface area contributed by atoms with Gasteiger partial charge in [-0.05, 0) is 30.0 Å². The molecule has 2 aromatic rings. The second-order valence-corrected chi connectivity index (χ2v) is 4.27. The molecule has 16 heavy (non-hydrogen) atoms. The van der Waals surface area contributed by atoms with Crippen LogP contribution in [0.3, 0.4) is 0 Å². The van der Waals surface area contributed by atoms with Crippen LogP contribution in [0, 0.1) is 5.82 Å². The largest absolute Gasteiger partial charge is 0.361 e. The Morgan fingerprint density at radius 1 is 1.44 bits per heavy atom. The summed E-state index contributed by atoms with van der Waals surface area (Å²) in [6.07, 6.45) is 2.76. The lowest BCUT2D eigenvalue weighted by Crippen LogP contribution is -2.25. The number of fused-ring (bicyclic) bond motifs is 1. The van der Waals surface area contributed by atoms with Crippen molar-refractivity contribution in [2.24, 2.45) is 5.73 Å². The molecule has 0 spiro atoms. The molecule has 0 fully saturated rings. The summed E-state index contributed by atoms with van der Waals surface area (Å²) in [7, 11) is 0. The Kier molecular flexibility index (Phi) is 2.97. The highest BCUT2D eigenvalue weighted by molar-refractivity contribution is 5.84. The van der Waals surface area contributed by atoms with Gasteiger partial charge in [-0.2, -0.15) is 0 Å². The Morgan fingerprint density at radius 2 is 2.19 bits per heavy atom. The number of nitrogens with two attached hydrogens (primary N) is 1. The molecular formula is C13H17FN2. The third-order valence-corrected chi connectivity index (χ3v) is 3.29. The fourth-order valence-corrected chi connectivity index (χ4v) is 2.11. The van der Waals surface area contributed by atoms with Crippen LogP contribution in [0.15, 0.2) is 24.4 Å². The average Bonchev–Trinajstić information content (AvgIpc) is 2.72. The summed E-state index contributed by atoms with van der Waals surface area (Å²) in [6.45, 7) is 4.09. The molecule has 0 aliphatic heterocycles. The van der Waals surface area contributed by atoms with Crippen molar-refractivity contribution in [3.8, 4) is 0 Å². The number of hydrogen-bond acceptors (Lipinski definition) is 1. The second-order valence-electron chi connectivity index (χ2n) is 4.27. The molecule has 0 bridgehead atoms. The Hall–Kier alpha value is -1.35. The van der Waals surface area contributed by atoms with Crippen LogP contribution in [0.25, 0.3) is 10.9 Å². The molecule has 3 heteroatoms. The number of aromatic nitrogens is 1. The SMILES string of the molecule is CC[C@@H](N)[C@@H](C)c1c[nH]c2cccc(F)c12. The van der Waals surface area contributed by atoms with Crippen molar-refractivity contribution in [2.75, 3.05) is 0 Å². The third-order valence-electron chi connectivity index (χ3n) is 3.29. The van der Waals surface area contributed by atoms with E-state index in [0.29, 0.717) is 5.39 Å². The zero-order valence-corrected chi connectivity index (χ0v) is 9.63. The van der Waals surface area contributed by atoms with Gasteiger partial charge in [0.2, 0.25) is 0 Å². The standard InChI is InChI=1S/C13H17FN2/c1-3-11(15)8(2)9-7-16-12-6-4-5-10(14)13(9)12/h4-8,11,16H,3,15H2,1-2H3/t8-,11+/m0/s1. The number of rotatable bonds is 3. The highest BCUT2D eigenvalue weighted by Crippen LogP contribution is 2.29. The van der Waals surface area contributed by atoms with E-state index in [4.69, 9.17) is 5.73 Å². The van der Waals surface area contributed by atoms with Crippen LogP contribution >= 0.6 is 0 Å². The minimum absolute atomic E-state index is 0.0682. The number of H-pyrrole nitrogens is 1. The van der Waals surface area contributed by atoms with E-state index in [0.717, 1.165) is 17.5 Å². The highest BCUT2D eigenvalue weighted by Gasteiger charge is 2.18. The maximum Gasteiger partial charge on any atom is 0.132 e. The molecular weight excluding hydrogens is 203 g/mol. The molecule has 2 rings (SSSR count). The molecule has 3 N–H and O–H groups in total. The van der Waals surface area contributed by atoms with Crippen LogP contribution in [0.2, 0.25) is 0 Å². The molecule has 0 saturated heterocycles. The molecule has 0 amide bonds. The van der Waals surface area contributed by atoms with Gasteiger partial charge in [0, 0.05) is 23.1 Å². The van der Waals surface area contributed by atoms with Crippen LogP contribution in [-0.4, -0.2) is 11.0 Å². The van der Waals surface area contributed by atoms with Crippen molar-refractivity contribution in [1.82, 2.24) is 4.98 Å². The minimum atomic E-state index is -0.177. The number of halogens is 1. The molecule has 1 aromatic heterocycles. The first kappa shape index (κ1) is 11.1. The summed E-state index contributed by atoms with van der Waals surface area (Å²) in [6, 6.07) is 5.15. The van der Waals surface area contributed by atoms with Crippen molar-refractivity contribution < 1.29 is 4.39 Å². The second kappa shape index (κ2) is 4.26. The smallest absolute Gasteiger partial charge is 0.132 e. The summed E-state index contributed by atoms with van der Waals surface area (Å²) in [5, 5.41) is 0.680. The van der Waals surface area contributed by atoms with Gasteiger partial charge in [0.05, 0.1) is 0 Å². The highest BCUT2D eigenvalue weighted by atomic mass is 19.1. The third kappa shape index (κ3) is 1.71. The van der Waals surface area contributed by atoms with Crippen molar-refractivity contribution >= 4 is 10.9 Å². The number of nitrogens with one attached hydrogen (secondary N) is 1. The molecule has 1 heterocycles. The van der Waals surface area contributed by atoms with Crippen LogP contribution in [0.1, 0.15) is 31.7 Å². The van der Waals surface area contributed by atoms with Crippen LogP contribution in [0.4, 0.5) is 4.39 Å². The lowest BCUT2D eigenvalue weighted by atomic mass is 9.92. The fourth-order valence-electron chi connectivity index (χ4n) is 2.11. The van der Waals surface area contributed by atoms with Gasteiger partial charge < -0.3 is 10.7 Å². The van der Waals surface area contributed by atoms with Crippen LogP contribution in [-0.2, 0) is 0 Å². The summed E-state index contributed by atoms with van der Waals surface area (Å²) >= 11 is 0. The minimum Gasteiger partial charge on any atom is -0.361 e. The summed E-state index contributed by atoms with van der Waals surface area (Å²) in [5.41, 5.74) is 7.83. The van der Waals surface area contributed by atoms with Gasteiger partial charge in [-0.25, -0.2) is 4.39 Å². The van der Waals surface area contributed by atoms with Gasteiger partial charge in [-0.1, -0.05) is 19.9 Å². The van der Waals surface area contributed by atoms with Gasteiger partial charge in [0.1, 0.15) is 5.82 Å². The lowest BCUT2D eigenvalue weighted by molar-refractivity contribution is 0.552. The predicted molar refractivity (Wildman–Crippen MR) is 64.9 cm³/mol. The van der Waals surface area contributed by atoms with Gasteiger partial charge in [0.25, 0.3) is 0 Å². The van der Waals surface area contributed by atoms with E-state index in [2.05, 4.69) is 4.98 Å². The number of benzene rings is 1. The van der Waals surface area contributed by atoms with Crippen molar-refractivity contribution in [3.63, 3.8) is 0 Å². The molecule has 0 aliphatic carbocycles. The Labute approximate surface area is 94.7 Å². The van der Waals surface area contributed by atoms with E-state index < -0.39 is 0 Å². The van der Waals surface area contributed by atoms with E-state index in [1.165, 1.54) is 6.07 Å². The topological polar surface area (TPSA) is 41.8 Å². The predicted octanol–water partition coefficient (Wildman–Crippen LogP) is 3.15. The molecule has 86 valence electrons. The Bertz CT molecular complexity index is 490. The quantitative estimate of drug-likeness (QED) is 0.819. The molecule has 0 aliphatic rings. The Balaban J connectivity index is 2.53. The first-order valence-electron chi connectivity index (χ1n) is 5.66. The lowest BCUT2D eigenvalue weighted by Gasteiger charge is -2.17. The van der Waals surface area contributed by atoms with E-state index in [9.17, 15) is 4.39 Å². The monoisotopic (exact) mass is 220 g/mol. The van der Waals surface area contributed by atoms with E-state index in [-0.39, 0.29) is 17.8 Å². The molecule has 2 nitrogen and oxygen atoms in total. The number of hydrogen-bond donors (Lipinski definition) is 2. The first-order valence-corrected chi connectivity index (χ1v) is 5.66. The Morgan fingerprint density at radius 3 is 2.88 bits per heavy atom. The molecule has 0 saturated carbocycles. The zero-order valence-electron chi connectivity index (χ0n) is 9.63. The zero-order chi connectivity index (χ0) is 11.7. The van der Waals surface area contributed by atoms with Gasteiger partial charge in [0.15, 0.2) is 0 Å². The van der Waals surface area contributed by atoms with Gasteiger partial charge >= 0.3 is 0 Å². The van der Waals surface area contributed by atoms with E-state index in [1.54, 1.807) is 6.07 Å². The number of aromatic amines is 1. The average molecular weight is 220 g/mol. The maximum atomic E-state index is 13.7. The van der Waals surface area contributed by atoms with Crippen molar-refractivity contribution in [2.45, 2.75) is 32.2 Å². The summed E-state index contributed by atoms with van der Waals surface area (Å²) in [4.78, 5) is 3.09. The molecule has 2 atom stereocenters. The maximum absolute atomic E-state index is 13.7. The fraction of sp³-hybridized carbons (Fsp3) is 0.385. The molecule has 0 unspecified atom stereocenters. The van der Waals surface area contributed by atoms with Gasteiger partial charge in [-0.3, -0.25) is 0 Å². The van der Waals surface area contributed by atoms with E-state index in [1.807, 2.05) is 26.1 Å². The summed E-state index contributed by atoms with van der Waals surface area (Å²) in [5.74, 6) is -0.0143. The normalized spacial score (nSPS) is 15.2. The molecule has 0 radical (unpaired) electrons. The van der Waals surface area contributed by atoms with Gasteiger partial charge in [-0.15, -0.1) is 0 Å². The van der Waals surface area contributed by atoms with Crippen molar-refractivity contribution in [3.05, 3.63) is 35.8 Å². The summed E-state index contributed by atoms with van der Waals surface area (Å²) < 4.78 is 13.7. The van der Waals surface area contributed by atoms with E-state index >= 15 is 0 Å². The molecule has 1 aromatic carbocycles. The van der Waals surface area contributed by atoms with Crippen LogP contribution < -0.4 is 5.73 Å².